The van der Waals surface area contributed by atoms with E-state index in [0.29, 0.717) is 12.0 Å². The van der Waals surface area contributed by atoms with Gasteiger partial charge in [-0.15, -0.1) is 11.8 Å². The van der Waals surface area contributed by atoms with E-state index in [0.717, 1.165) is 32.3 Å². The first kappa shape index (κ1) is 20.2. The maximum absolute atomic E-state index is 13.6. The number of rotatable bonds is 4. The molecule has 0 radical (unpaired) electrons. The molecule has 2 nitrogen and oxygen atoms in total. The lowest BCUT2D eigenvalue weighted by Gasteiger charge is -2.39. The Hall–Kier alpha value is -2.04. The van der Waals surface area contributed by atoms with Gasteiger partial charge in [0.2, 0.25) is 0 Å². The van der Waals surface area contributed by atoms with Gasteiger partial charge in [-0.05, 0) is 28.6 Å². The van der Waals surface area contributed by atoms with E-state index in [4.69, 9.17) is 0 Å². The van der Waals surface area contributed by atoms with E-state index in [-0.39, 0.29) is 22.9 Å². The van der Waals surface area contributed by atoms with Crippen LogP contribution in [0.4, 0.5) is 0 Å². The summed E-state index contributed by atoms with van der Waals surface area (Å²) in [7, 11) is 0. The Labute approximate surface area is 180 Å². The van der Waals surface area contributed by atoms with Crippen LogP contribution in [-0.2, 0) is 4.79 Å². The second kappa shape index (κ2) is 8.00. The first-order valence-corrected chi connectivity index (χ1v) is 11.8. The van der Waals surface area contributed by atoms with Gasteiger partial charge in [-0.2, -0.15) is 0 Å². The van der Waals surface area contributed by atoms with Crippen molar-refractivity contribution in [3.05, 3.63) is 92.1 Å². The maximum Gasteiger partial charge on any atom is 0.191 e. The quantitative estimate of drug-likeness (QED) is 0.521. The molecule has 2 aromatic rings. The molecule has 4 rings (SSSR count). The Morgan fingerprint density at radius 2 is 1.62 bits per heavy atom. The fraction of sp³-hybridized carbons (Fsp3) is 0.280. The molecule has 1 atom stereocenters. The smallest absolute Gasteiger partial charge is 0.191 e. The van der Waals surface area contributed by atoms with Crippen molar-refractivity contribution in [3.8, 4) is 0 Å². The van der Waals surface area contributed by atoms with Gasteiger partial charge in [0.05, 0.1) is 4.24 Å². The van der Waals surface area contributed by atoms with Gasteiger partial charge in [0.25, 0.3) is 0 Å². The summed E-state index contributed by atoms with van der Waals surface area (Å²) in [6, 6.07) is 19.4. The highest BCUT2D eigenvalue weighted by atomic mass is 32.2. The number of thioether (sulfide) groups is 2. The standard InChI is InChI=1S/C25H24O2S2/c1-25(2)14-18(26)21-19(15-25)29-24(28-3)22(20(21)16-10-6-4-7-11-16)23(27)17-12-8-5-9-13-17/h4-13,20H,14-15H2,1-3H3. The second-order valence-electron chi connectivity index (χ2n) is 8.32. The molecule has 2 aliphatic rings. The third-order valence-electron chi connectivity index (χ3n) is 5.49. The van der Waals surface area contributed by atoms with Crippen LogP contribution < -0.4 is 0 Å². The Morgan fingerprint density at radius 1 is 1.00 bits per heavy atom. The maximum atomic E-state index is 13.6. The Morgan fingerprint density at radius 3 is 2.24 bits per heavy atom. The van der Waals surface area contributed by atoms with Crippen LogP contribution in [0.15, 0.2) is 81.0 Å². The minimum Gasteiger partial charge on any atom is -0.294 e. The van der Waals surface area contributed by atoms with Gasteiger partial charge in [0, 0.05) is 29.0 Å². The Bertz CT molecular complexity index is 1020. The second-order valence-corrected chi connectivity index (χ2v) is 10.5. The number of Topliss-reactive ketones (excluding diaryl/α,β-unsaturated/α-hetero) is 2. The number of hydrogen-bond donors (Lipinski definition) is 0. The molecule has 0 N–H and O–H groups in total. The summed E-state index contributed by atoms with van der Waals surface area (Å²) in [5.74, 6) is -0.109. The number of hydrogen-bond acceptors (Lipinski definition) is 4. The van der Waals surface area contributed by atoms with Crippen molar-refractivity contribution in [1.29, 1.82) is 0 Å². The number of benzene rings is 2. The minimum absolute atomic E-state index is 0.0143. The van der Waals surface area contributed by atoms with Gasteiger partial charge in [0.15, 0.2) is 11.6 Å². The fourth-order valence-electron chi connectivity index (χ4n) is 4.22. The molecule has 1 heterocycles. The molecule has 0 spiro atoms. The Kier molecular flexibility index (Phi) is 5.58. The van der Waals surface area contributed by atoms with E-state index in [1.807, 2.05) is 66.9 Å². The van der Waals surface area contributed by atoms with Crippen LogP contribution in [0.2, 0.25) is 0 Å². The molecular weight excluding hydrogens is 396 g/mol. The number of ketones is 2. The van der Waals surface area contributed by atoms with Crippen LogP contribution in [0, 0.1) is 5.41 Å². The van der Waals surface area contributed by atoms with Crippen LogP contribution in [0.5, 0.6) is 0 Å². The SMILES string of the molecule is CSC1=C(C(=O)c2ccccc2)C(c2ccccc2)C2=C(CC(C)(C)CC2=O)S1. The van der Waals surface area contributed by atoms with E-state index >= 15 is 0 Å². The fourth-order valence-corrected chi connectivity index (χ4v) is 6.63. The first-order chi connectivity index (χ1) is 13.9. The molecule has 0 bridgehead atoms. The number of carbonyl (C=O) groups excluding carboxylic acids is 2. The van der Waals surface area contributed by atoms with Crippen molar-refractivity contribution in [3.63, 3.8) is 0 Å². The molecule has 0 saturated heterocycles. The first-order valence-electron chi connectivity index (χ1n) is 9.78. The molecule has 1 unspecified atom stereocenters. The van der Waals surface area contributed by atoms with Crippen molar-refractivity contribution in [1.82, 2.24) is 0 Å². The molecule has 4 heteroatoms. The van der Waals surface area contributed by atoms with E-state index in [9.17, 15) is 9.59 Å². The van der Waals surface area contributed by atoms with Crippen molar-refractivity contribution in [2.45, 2.75) is 32.6 Å². The third-order valence-corrected chi connectivity index (χ3v) is 7.85. The lowest BCUT2D eigenvalue weighted by Crippen LogP contribution is -2.31. The molecule has 29 heavy (non-hydrogen) atoms. The monoisotopic (exact) mass is 420 g/mol. The van der Waals surface area contributed by atoms with Crippen LogP contribution in [-0.4, -0.2) is 17.8 Å². The summed E-state index contributed by atoms with van der Waals surface area (Å²) in [4.78, 5) is 28.1. The third kappa shape index (κ3) is 3.88. The largest absolute Gasteiger partial charge is 0.294 e. The van der Waals surface area contributed by atoms with Gasteiger partial charge < -0.3 is 0 Å². The van der Waals surface area contributed by atoms with E-state index < -0.39 is 0 Å². The summed E-state index contributed by atoms with van der Waals surface area (Å²) >= 11 is 3.24. The van der Waals surface area contributed by atoms with Crippen molar-refractivity contribution in [2.75, 3.05) is 6.26 Å². The highest BCUT2D eigenvalue weighted by molar-refractivity contribution is 8.23. The van der Waals surface area contributed by atoms with E-state index in [2.05, 4.69) is 13.8 Å². The van der Waals surface area contributed by atoms with Crippen molar-refractivity contribution in [2.24, 2.45) is 5.41 Å². The molecule has 0 fully saturated rings. The Balaban J connectivity index is 1.92. The van der Waals surface area contributed by atoms with Crippen molar-refractivity contribution < 1.29 is 9.59 Å². The normalized spacial score (nSPS) is 21.2. The molecule has 1 aliphatic heterocycles. The summed E-state index contributed by atoms with van der Waals surface area (Å²) in [6.07, 6.45) is 3.42. The summed E-state index contributed by atoms with van der Waals surface area (Å²) in [5, 5.41) is 0. The molecule has 0 saturated carbocycles. The predicted octanol–water partition coefficient (Wildman–Crippen LogP) is 6.62. The zero-order chi connectivity index (χ0) is 20.6. The molecule has 2 aromatic carbocycles. The van der Waals surface area contributed by atoms with Gasteiger partial charge >= 0.3 is 0 Å². The highest BCUT2D eigenvalue weighted by Gasteiger charge is 2.43. The average molecular weight is 421 g/mol. The molecule has 148 valence electrons. The predicted molar refractivity (Wildman–Crippen MR) is 123 cm³/mol. The van der Waals surface area contributed by atoms with Gasteiger partial charge in [-0.1, -0.05) is 86.3 Å². The van der Waals surface area contributed by atoms with Gasteiger partial charge in [-0.25, -0.2) is 0 Å². The molecule has 0 aromatic heterocycles. The average Bonchev–Trinajstić information content (AvgIpc) is 2.72. The summed E-state index contributed by atoms with van der Waals surface area (Å²) in [6.45, 7) is 4.31. The lowest BCUT2D eigenvalue weighted by molar-refractivity contribution is -0.118. The van der Waals surface area contributed by atoms with Gasteiger partial charge in [-0.3, -0.25) is 9.59 Å². The zero-order valence-electron chi connectivity index (χ0n) is 16.9. The van der Waals surface area contributed by atoms with E-state index in [1.165, 1.54) is 0 Å². The van der Waals surface area contributed by atoms with Gasteiger partial charge in [0.1, 0.15) is 0 Å². The minimum atomic E-state index is -0.300. The highest BCUT2D eigenvalue weighted by Crippen LogP contribution is 2.56. The van der Waals surface area contributed by atoms with E-state index in [1.54, 1.807) is 23.5 Å². The molecule has 0 amide bonds. The molecule has 1 aliphatic carbocycles. The van der Waals surface area contributed by atoms with Crippen molar-refractivity contribution >= 4 is 35.1 Å². The topological polar surface area (TPSA) is 34.1 Å². The molecular formula is C25H24O2S2. The zero-order valence-corrected chi connectivity index (χ0v) is 18.5. The number of carbonyl (C=O) groups is 2. The summed E-state index contributed by atoms with van der Waals surface area (Å²) < 4.78 is 1.01. The summed E-state index contributed by atoms with van der Waals surface area (Å²) in [5.41, 5.74) is 3.21. The van der Waals surface area contributed by atoms with Crippen LogP contribution >= 0.6 is 23.5 Å². The number of allylic oxidation sites excluding steroid dienone is 3. The van der Waals surface area contributed by atoms with Crippen LogP contribution in [0.1, 0.15) is 48.5 Å². The lowest BCUT2D eigenvalue weighted by atomic mass is 9.71. The van der Waals surface area contributed by atoms with Crippen LogP contribution in [0.25, 0.3) is 0 Å². The van der Waals surface area contributed by atoms with Crippen LogP contribution in [0.3, 0.4) is 0 Å².